The maximum atomic E-state index is 10.7. The highest BCUT2D eigenvalue weighted by Crippen LogP contribution is 2.82. The molecule has 0 bridgehead atoms. The van der Waals surface area contributed by atoms with Gasteiger partial charge in [0, 0.05) is 23.6 Å². The summed E-state index contributed by atoms with van der Waals surface area (Å²) < 4.78 is 12.1. The van der Waals surface area contributed by atoms with E-state index in [9.17, 15) is 4.79 Å². The van der Waals surface area contributed by atoms with E-state index in [-0.39, 0.29) is 0 Å². The molecule has 4 aromatic rings. The Morgan fingerprint density at radius 1 is 1.00 bits per heavy atom. The van der Waals surface area contributed by atoms with Crippen molar-refractivity contribution >= 4 is 29.2 Å². The van der Waals surface area contributed by atoms with Crippen molar-refractivity contribution in [1.29, 1.82) is 0 Å². The van der Waals surface area contributed by atoms with Crippen molar-refractivity contribution in [3.8, 4) is 22.4 Å². The molecular formula is C34H33Cl2N3O3. The van der Waals surface area contributed by atoms with E-state index in [1.165, 1.54) is 19.3 Å². The van der Waals surface area contributed by atoms with Crippen LogP contribution >= 0.6 is 23.2 Å². The van der Waals surface area contributed by atoms with Crippen molar-refractivity contribution in [3.63, 3.8) is 0 Å². The Bertz CT molecular complexity index is 1600. The van der Waals surface area contributed by atoms with Crippen molar-refractivity contribution in [2.75, 3.05) is 0 Å². The number of primary amides is 1. The van der Waals surface area contributed by atoms with Gasteiger partial charge in [0.25, 0.3) is 0 Å². The fraction of sp³-hybridized carbons (Fsp3) is 0.353. The van der Waals surface area contributed by atoms with Gasteiger partial charge in [0.15, 0.2) is 0 Å². The lowest BCUT2D eigenvalue weighted by molar-refractivity contribution is 0.0242. The Balaban J connectivity index is 0.000000149. The predicted molar refractivity (Wildman–Crippen MR) is 164 cm³/mol. The smallest absolute Gasteiger partial charge is 0.312 e. The molecule has 4 saturated carbocycles. The number of carbonyl (C=O) groups is 1. The number of nitrogens with zero attached hydrogens (tertiary/aromatic N) is 1. The van der Waals surface area contributed by atoms with Crippen LogP contribution in [0, 0.1) is 17.3 Å². The van der Waals surface area contributed by atoms with Gasteiger partial charge in [-0.05, 0) is 78.2 Å². The van der Waals surface area contributed by atoms with Crippen LogP contribution in [0.4, 0.5) is 4.79 Å². The average Bonchev–Trinajstić information content (AvgIpc) is 3.95. The highest BCUT2D eigenvalue weighted by atomic mass is 35.5. The lowest BCUT2D eigenvalue weighted by Gasteiger charge is -2.15. The van der Waals surface area contributed by atoms with Gasteiger partial charge in [0.05, 0.1) is 22.8 Å². The van der Waals surface area contributed by atoms with E-state index in [1.807, 2.05) is 72.8 Å². The molecule has 6 nitrogen and oxygen atoms in total. The van der Waals surface area contributed by atoms with E-state index in [0.29, 0.717) is 40.6 Å². The maximum absolute atomic E-state index is 10.7. The number of rotatable bonds is 8. The van der Waals surface area contributed by atoms with Crippen molar-refractivity contribution in [1.82, 2.24) is 10.5 Å². The molecule has 2 amide bonds. The van der Waals surface area contributed by atoms with Gasteiger partial charge in [-0.1, -0.05) is 89.0 Å². The number of hydrogen-bond acceptors (Lipinski definition) is 4. The third-order valence-electron chi connectivity index (χ3n) is 9.39. The van der Waals surface area contributed by atoms with Crippen molar-refractivity contribution < 1.29 is 14.1 Å². The normalized spacial score (nSPS) is 24.7. The number of nitrogens with two attached hydrogens (primary N) is 1. The molecule has 0 saturated heterocycles. The molecule has 216 valence electrons. The van der Waals surface area contributed by atoms with Crippen LogP contribution in [0.3, 0.4) is 0 Å². The molecule has 8 heteroatoms. The monoisotopic (exact) mass is 601 g/mol. The first kappa shape index (κ1) is 27.5. The van der Waals surface area contributed by atoms with Gasteiger partial charge in [-0.3, -0.25) is 0 Å². The van der Waals surface area contributed by atoms with Crippen LogP contribution in [0.25, 0.3) is 22.4 Å². The topological polar surface area (TPSA) is 90.4 Å². The summed E-state index contributed by atoms with van der Waals surface area (Å²) in [5.74, 6) is 3.18. The molecular weight excluding hydrogens is 569 g/mol. The van der Waals surface area contributed by atoms with E-state index in [0.717, 1.165) is 63.9 Å². The Morgan fingerprint density at radius 3 is 2.40 bits per heavy atom. The number of amides is 2. The summed E-state index contributed by atoms with van der Waals surface area (Å²) in [5.41, 5.74) is 11.6. The molecule has 8 rings (SSSR count). The number of nitrogens with one attached hydrogen (secondary N) is 1. The first-order valence-corrected chi connectivity index (χ1v) is 15.4. The fourth-order valence-electron chi connectivity index (χ4n) is 6.90. The van der Waals surface area contributed by atoms with Crippen LogP contribution in [-0.2, 0) is 17.9 Å². The van der Waals surface area contributed by atoms with Gasteiger partial charge in [-0.2, -0.15) is 0 Å². The molecule has 3 aromatic carbocycles. The van der Waals surface area contributed by atoms with Gasteiger partial charge in [0.2, 0.25) is 0 Å². The van der Waals surface area contributed by atoms with Gasteiger partial charge in [-0.15, -0.1) is 0 Å². The summed E-state index contributed by atoms with van der Waals surface area (Å²) in [6, 6.07) is 23.0. The fourth-order valence-corrected chi connectivity index (χ4v) is 7.47. The summed E-state index contributed by atoms with van der Waals surface area (Å²) in [6.45, 7) is 0.997. The highest BCUT2D eigenvalue weighted by molar-refractivity contribution is 6.39. The van der Waals surface area contributed by atoms with Crippen molar-refractivity contribution in [2.24, 2.45) is 23.0 Å². The Hall–Kier alpha value is -3.32. The first-order chi connectivity index (χ1) is 20.4. The second-order valence-corrected chi connectivity index (χ2v) is 12.8. The summed E-state index contributed by atoms with van der Waals surface area (Å²) in [7, 11) is 0. The van der Waals surface area contributed by atoms with Crippen molar-refractivity contribution in [3.05, 3.63) is 99.7 Å². The van der Waals surface area contributed by atoms with Crippen LogP contribution in [0.5, 0.6) is 0 Å². The molecule has 4 unspecified atom stereocenters. The second-order valence-electron chi connectivity index (χ2n) is 12.0. The summed E-state index contributed by atoms with van der Waals surface area (Å²) >= 11 is 12.8. The molecule has 4 aliphatic rings. The molecule has 4 fully saturated rings. The molecule has 1 spiro atoms. The minimum atomic E-state index is -0.507. The van der Waals surface area contributed by atoms with Crippen molar-refractivity contribution in [2.45, 2.75) is 57.3 Å². The minimum Gasteiger partial charge on any atom is -0.373 e. The molecule has 4 atom stereocenters. The van der Waals surface area contributed by atoms with Gasteiger partial charge < -0.3 is 20.3 Å². The largest absolute Gasteiger partial charge is 0.373 e. The van der Waals surface area contributed by atoms with Crippen LogP contribution < -0.4 is 11.1 Å². The molecule has 0 radical (unpaired) electrons. The molecule has 1 aromatic heterocycles. The number of ether oxygens (including phenoxy) is 1. The minimum absolute atomic E-state index is 0.412. The number of urea groups is 1. The van der Waals surface area contributed by atoms with E-state index in [2.05, 4.69) is 10.5 Å². The third kappa shape index (κ3) is 5.32. The molecule has 0 aliphatic heterocycles. The molecule has 1 heterocycles. The Kier molecular flexibility index (Phi) is 7.25. The van der Waals surface area contributed by atoms with E-state index >= 15 is 0 Å². The lowest BCUT2D eigenvalue weighted by Crippen LogP contribution is -2.28. The highest BCUT2D eigenvalue weighted by Gasteiger charge is 2.77. The number of aromatic nitrogens is 1. The third-order valence-corrected chi connectivity index (χ3v) is 10.0. The summed E-state index contributed by atoms with van der Waals surface area (Å²) in [6.07, 6.45) is 6.79. The van der Waals surface area contributed by atoms with Crippen LogP contribution in [0.15, 0.2) is 77.3 Å². The van der Waals surface area contributed by atoms with E-state index in [1.54, 1.807) is 0 Å². The van der Waals surface area contributed by atoms with E-state index < -0.39 is 6.03 Å². The van der Waals surface area contributed by atoms with E-state index in [4.69, 9.17) is 38.2 Å². The molecule has 4 aliphatic carbocycles. The second kappa shape index (κ2) is 11.1. The summed E-state index contributed by atoms with van der Waals surface area (Å²) in [4.78, 5) is 10.7. The maximum Gasteiger partial charge on any atom is 0.312 e. The zero-order valence-electron chi connectivity index (χ0n) is 23.2. The van der Waals surface area contributed by atoms with Gasteiger partial charge >= 0.3 is 6.03 Å². The average molecular weight is 603 g/mol. The number of hydrogen-bond donors (Lipinski definition) is 2. The van der Waals surface area contributed by atoms with Crippen LogP contribution in [0.2, 0.25) is 10.0 Å². The summed E-state index contributed by atoms with van der Waals surface area (Å²) in [5, 5.41) is 8.16. The zero-order valence-corrected chi connectivity index (χ0v) is 24.7. The first-order valence-electron chi connectivity index (χ1n) is 14.7. The predicted octanol–water partition coefficient (Wildman–Crippen LogP) is 8.36. The standard InChI is InChI=1S/C20H19Cl2NO2.C14H14N2O/c21-14-2-1-3-15(22)17(14)18-12(19(25-23-18)10-4-5-10)9-24-16-6-11-7-20(11)8-13(16)20;15-14(17)16-10-12-8-4-5-9-13(12)11-6-2-1-3-7-11/h1-3,10-11,13,16H,4-9H2;1-9H,10H2,(H3,15,16,17). The van der Waals surface area contributed by atoms with Gasteiger partial charge in [0.1, 0.15) is 11.5 Å². The Labute approximate surface area is 255 Å². The Morgan fingerprint density at radius 2 is 1.74 bits per heavy atom. The van der Waals surface area contributed by atoms with Crippen LogP contribution in [-0.4, -0.2) is 17.3 Å². The number of halogens is 2. The number of carbonyl (C=O) groups excluding carboxylic acids is 1. The quantitative estimate of drug-likeness (QED) is 0.212. The SMILES string of the molecule is Clc1cccc(Cl)c1-c1noc(C2CC2)c1COC1CC2CC23CC13.NC(=O)NCc1ccccc1-c1ccccc1. The van der Waals surface area contributed by atoms with Crippen LogP contribution in [0.1, 0.15) is 54.9 Å². The van der Waals surface area contributed by atoms with Gasteiger partial charge in [-0.25, -0.2) is 4.79 Å². The number of benzene rings is 3. The zero-order chi connectivity index (χ0) is 28.8. The molecule has 3 N–H and O–H groups in total. The lowest BCUT2D eigenvalue weighted by atomic mass is 10.00. The molecule has 42 heavy (non-hydrogen) atoms.